The topological polar surface area (TPSA) is 50.4 Å². The normalized spacial score (nSPS) is 18.0. The van der Waals surface area contributed by atoms with Crippen molar-refractivity contribution in [2.24, 2.45) is 5.41 Å². The highest BCUT2D eigenvalue weighted by Crippen LogP contribution is 2.35. The van der Waals surface area contributed by atoms with E-state index in [1.165, 1.54) is 0 Å². The van der Waals surface area contributed by atoms with Gasteiger partial charge in [-0.2, -0.15) is 0 Å². The van der Waals surface area contributed by atoms with Gasteiger partial charge in [0.1, 0.15) is 5.75 Å². The van der Waals surface area contributed by atoms with Crippen molar-refractivity contribution in [3.05, 3.63) is 47.7 Å². The van der Waals surface area contributed by atoms with E-state index in [0.717, 1.165) is 34.2 Å². The molecule has 0 radical (unpaired) electrons. The smallest absolute Gasteiger partial charge is 0.249 e. The highest BCUT2D eigenvalue weighted by Gasteiger charge is 2.38. The van der Waals surface area contributed by atoms with Crippen LogP contribution >= 0.6 is 0 Å². The molecule has 2 N–H and O–H groups in total. The lowest BCUT2D eigenvalue weighted by atomic mass is 9.88. The van der Waals surface area contributed by atoms with Crippen LogP contribution in [0.5, 0.6) is 5.75 Å². The molecule has 1 fully saturated rings. The highest BCUT2D eigenvalue weighted by molar-refractivity contribution is 5.95. The Morgan fingerprint density at radius 1 is 1.13 bits per heavy atom. The lowest BCUT2D eigenvalue weighted by Crippen LogP contribution is -2.28. The van der Waals surface area contributed by atoms with Gasteiger partial charge >= 0.3 is 0 Å². The fourth-order valence-electron chi connectivity index (χ4n) is 2.68. The molecular weight excluding hydrogens is 288 g/mol. The Labute approximate surface area is 136 Å². The molecule has 1 saturated heterocycles. The van der Waals surface area contributed by atoms with Crippen LogP contribution in [0.15, 0.2) is 42.1 Å². The number of ether oxygens (including phenoxy) is 1. The fraction of sp³-hybridized carbons (Fsp3) is 0.316. The van der Waals surface area contributed by atoms with Crippen molar-refractivity contribution in [1.82, 2.24) is 10.9 Å². The van der Waals surface area contributed by atoms with Crippen LogP contribution in [0.4, 0.5) is 0 Å². The summed E-state index contributed by atoms with van der Waals surface area (Å²) in [5.41, 5.74) is 6.96. The number of benzene rings is 2. The van der Waals surface area contributed by atoms with Gasteiger partial charge in [-0.15, -0.1) is 0 Å². The molecule has 1 heterocycles. The molecule has 0 aliphatic carbocycles. The maximum absolute atomic E-state index is 12.0. The Morgan fingerprint density at radius 3 is 2.61 bits per heavy atom. The molecule has 0 spiro atoms. The van der Waals surface area contributed by atoms with Crippen LogP contribution in [-0.4, -0.2) is 12.5 Å². The van der Waals surface area contributed by atoms with E-state index < -0.39 is 5.41 Å². The summed E-state index contributed by atoms with van der Waals surface area (Å²) < 4.78 is 5.92. The number of hydrazine groups is 1. The molecule has 4 nitrogen and oxygen atoms in total. The van der Waals surface area contributed by atoms with E-state index in [4.69, 9.17) is 4.74 Å². The number of nitrogens with one attached hydrogen (secondary N) is 2. The van der Waals surface area contributed by atoms with Crippen molar-refractivity contribution in [2.45, 2.75) is 27.2 Å². The van der Waals surface area contributed by atoms with Crippen molar-refractivity contribution in [3.8, 4) is 5.75 Å². The molecule has 1 amide bonds. The second kappa shape index (κ2) is 5.95. The van der Waals surface area contributed by atoms with Crippen molar-refractivity contribution in [1.29, 1.82) is 0 Å². The molecule has 2 aromatic rings. The quantitative estimate of drug-likeness (QED) is 0.906. The largest absolute Gasteiger partial charge is 0.493 e. The van der Waals surface area contributed by atoms with Gasteiger partial charge in [-0.25, -0.2) is 0 Å². The van der Waals surface area contributed by atoms with Crippen LogP contribution in [0.25, 0.3) is 16.8 Å². The van der Waals surface area contributed by atoms with Gasteiger partial charge < -0.3 is 10.2 Å². The summed E-state index contributed by atoms with van der Waals surface area (Å²) in [5.74, 6) is 0.815. The molecule has 2 aromatic carbocycles. The zero-order valence-corrected chi connectivity index (χ0v) is 13.8. The van der Waals surface area contributed by atoms with Crippen LogP contribution in [0, 0.1) is 5.41 Å². The number of carbonyl (C=O) groups is 1. The van der Waals surface area contributed by atoms with E-state index in [1.807, 2.05) is 38.1 Å². The van der Waals surface area contributed by atoms with Gasteiger partial charge in [-0.3, -0.25) is 10.2 Å². The molecule has 23 heavy (non-hydrogen) atoms. The Morgan fingerprint density at radius 2 is 1.91 bits per heavy atom. The fourth-order valence-corrected chi connectivity index (χ4v) is 2.68. The Kier molecular flexibility index (Phi) is 3.99. The lowest BCUT2D eigenvalue weighted by molar-refractivity contribution is -0.125. The Hall–Kier alpha value is -2.49. The lowest BCUT2D eigenvalue weighted by Gasteiger charge is -2.17. The van der Waals surface area contributed by atoms with Crippen molar-refractivity contribution in [2.75, 3.05) is 6.61 Å². The molecule has 0 unspecified atom stereocenters. The van der Waals surface area contributed by atoms with Crippen LogP contribution in [0.3, 0.4) is 0 Å². The minimum atomic E-state index is -0.584. The molecular formula is C19H22N2O2. The summed E-state index contributed by atoms with van der Waals surface area (Å²) in [6.07, 6.45) is 2.97. The van der Waals surface area contributed by atoms with Gasteiger partial charge in [0.25, 0.3) is 0 Å². The number of amides is 1. The predicted molar refractivity (Wildman–Crippen MR) is 92.8 cm³/mol. The highest BCUT2D eigenvalue weighted by atomic mass is 16.5. The molecule has 0 saturated carbocycles. The van der Waals surface area contributed by atoms with Crippen LogP contribution in [-0.2, 0) is 4.79 Å². The average molecular weight is 310 g/mol. The summed E-state index contributed by atoms with van der Waals surface area (Å²) in [6.45, 7) is 6.57. The number of hydrogen-bond donors (Lipinski definition) is 2. The molecule has 4 heteroatoms. The minimum Gasteiger partial charge on any atom is -0.493 e. The first-order chi connectivity index (χ1) is 11.0. The van der Waals surface area contributed by atoms with E-state index in [1.54, 1.807) is 0 Å². The monoisotopic (exact) mass is 310 g/mol. The van der Waals surface area contributed by atoms with E-state index in [2.05, 4.69) is 36.0 Å². The Bertz CT molecular complexity index is 778. The predicted octanol–water partition coefficient (Wildman–Crippen LogP) is 3.63. The average Bonchev–Trinajstić information content (AvgIpc) is 2.80. The molecule has 3 rings (SSSR count). The van der Waals surface area contributed by atoms with Crippen molar-refractivity contribution < 1.29 is 9.53 Å². The third-order valence-electron chi connectivity index (χ3n) is 4.23. The molecule has 0 bridgehead atoms. The van der Waals surface area contributed by atoms with Crippen LogP contribution in [0.1, 0.15) is 32.8 Å². The van der Waals surface area contributed by atoms with Crippen LogP contribution in [0.2, 0.25) is 0 Å². The zero-order chi connectivity index (χ0) is 16.4. The number of carbonyl (C=O) groups excluding carboxylic acids is 1. The summed E-state index contributed by atoms with van der Waals surface area (Å²) in [5, 5.41) is 2.27. The van der Waals surface area contributed by atoms with E-state index in [0.29, 0.717) is 6.61 Å². The standard InChI is InChI=1S/C19H22N2O2/c1-4-11-23-16-10-9-13-7-5-6-8-14(13)15(16)12-17-19(2,3)18(22)21-20-17/h5-10,12,20H,4,11H2,1-3H3,(H,21,22)/b17-12-. The maximum atomic E-state index is 12.0. The molecule has 120 valence electrons. The van der Waals surface area contributed by atoms with E-state index in [-0.39, 0.29) is 5.91 Å². The number of rotatable bonds is 4. The second-order valence-electron chi connectivity index (χ2n) is 6.31. The molecule has 0 aromatic heterocycles. The van der Waals surface area contributed by atoms with E-state index >= 15 is 0 Å². The van der Waals surface area contributed by atoms with Gasteiger partial charge in [0, 0.05) is 11.3 Å². The van der Waals surface area contributed by atoms with Gasteiger partial charge in [0.2, 0.25) is 5.91 Å². The van der Waals surface area contributed by atoms with Gasteiger partial charge in [-0.05, 0) is 43.2 Å². The SMILES string of the molecule is CCCOc1ccc2ccccc2c1/C=C1\NNC(=O)C1(C)C. The molecule has 1 aliphatic heterocycles. The first-order valence-corrected chi connectivity index (χ1v) is 7.97. The Balaban J connectivity index is 2.16. The third-order valence-corrected chi connectivity index (χ3v) is 4.23. The zero-order valence-electron chi connectivity index (χ0n) is 13.8. The van der Waals surface area contributed by atoms with Gasteiger partial charge in [0.05, 0.1) is 12.0 Å². The van der Waals surface area contributed by atoms with Crippen LogP contribution < -0.4 is 15.6 Å². The summed E-state index contributed by atoms with van der Waals surface area (Å²) >= 11 is 0. The summed E-state index contributed by atoms with van der Waals surface area (Å²) in [7, 11) is 0. The van der Waals surface area contributed by atoms with Crippen molar-refractivity contribution in [3.63, 3.8) is 0 Å². The van der Waals surface area contributed by atoms with Gasteiger partial charge in [-0.1, -0.05) is 37.3 Å². The first-order valence-electron chi connectivity index (χ1n) is 7.97. The van der Waals surface area contributed by atoms with E-state index in [9.17, 15) is 4.79 Å². The first kappa shape index (κ1) is 15.4. The summed E-state index contributed by atoms with van der Waals surface area (Å²) in [6, 6.07) is 12.3. The van der Waals surface area contributed by atoms with Crippen molar-refractivity contribution >= 4 is 22.8 Å². The summed E-state index contributed by atoms with van der Waals surface area (Å²) in [4.78, 5) is 12.0. The molecule has 0 atom stereocenters. The van der Waals surface area contributed by atoms with Gasteiger partial charge in [0.15, 0.2) is 0 Å². The minimum absolute atomic E-state index is 0.0278. The second-order valence-corrected chi connectivity index (χ2v) is 6.31. The third kappa shape index (κ3) is 2.77. The maximum Gasteiger partial charge on any atom is 0.249 e. The number of hydrogen-bond acceptors (Lipinski definition) is 3. The number of fused-ring (bicyclic) bond motifs is 1. The molecule has 1 aliphatic rings.